The second-order valence-corrected chi connectivity index (χ2v) is 5.36. The Morgan fingerprint density at radius 1 is 1.20 bits per heavy atom. The summed E-state index contributed by atoms with van der Waals surface area (Å²) in [5.74, 6) is -0.110. The molecule has 0 radical (unpaired) electrons. The van der Waals surface area contributed by atoms with E-state index < -0.39 is 11.4 Å². The fourth-order valence-corrected chi connectivity index (χ4v) is 3.21. The first-order valence-electron chi connectivity index (χ1n) is 6.04. The van der Waals surface area contributed by atoms with E-state index in [1.165, 1.54) is 32.1 Å². The highest BCUT2D eigenvalue weighted by atomic mass is 16.4. The third-order valence-electron chi connectivity index (χ3n) is 4.11. The molecule has 0 heterocycles. The van der Waals surface area contributed by atoms with Crippen LogP contribution in [0.15, 0.2) is 0 Å². The Morgan fingerprint density at radius 2 is 1.80 bits per heavy atom. The molecule has 2 aliphatic carbocycles. The molecule has 2 rings (SSSR count). The van der Waals surface area contributed by atoms with Crippen molar-refractivity contribution in [3.8, 4) is 0 Å². The van der Waals surface area contributed by atoms with Crippen LogP contribution in [0.4, 0.5) is 0 Å². The molecule has 3 heteroatoms. The van der Waals surface area contributed by atoms with Crippen molar-refractivity contribution >= 4 is 5.97 Å². The minimum Gasteiger partial charge on any atom is -0.481 e. The van der Waals surface area contributed by atoms with Crippen LogP contribution in [0, 0.1) is 11.3 Å². The van der Waals surface area contributed by atoms with E-state index in [1.807, 2.05) is 0 Å². The zero-order valence-electron chi connectivity index (χ0n) is 9.11. The van der Waals surface area contributed by atoms with Gasteiger partial charge >= 0.3 is 5.97 Å². The van der Waals surface area contributed by atoms with Crippen LogP contribution in [0.3, 0.4) is 0 Å². The van der Waals surface area contributed by atoms with Gasteiger partial charge in [-0.2, -0.15) is 0 Å². The van der Waals surface area contributed by atoms with E-state index in [-0.39, 0.29) is 6.10 Å². The summed E-state index contributed by atoms with van der Waals surface area (Å²) in [6.07, 6.45) is 7.54. The maximum atomic E-state index is 11.2. The number of aliphatic carboxylic acids is 1. The van der Waals surface area contributed by atoms with Crippen LogP contribution in [0.25, 0.3) is 0 Å². The van der Waals surface area contributed by atoms with Crippen molar-refractivity contribution in [3.63, 3.8) is 0 Å². The predicted octanol–water partition coefficient (Wildman–Crippen LogP) is 2.18. The van der Waals surface area contributed by atoms with Crippen molar-refractivity contribution in [2.45, 2.75) is 57.5 Å². The van der Waals surface area contributed by atoms with Crippen LogP contribution in [0.1, 0.15) is 51.4 Å². The molecule has 0 atom stereocenters. The van der Waals surface area contributed by atoms with Crippen LogP contribution < -0.4 is 0 Å². The lowest BCUT2D eigenvalue weighted by molar-refractivity contribution is -0.165. The van der Waals surface area contributed by atoms with Crippen LogP contribution in [0.5, 0.6) is 0 Å². The van der Waals surface area contributed by atoms with Crippen molar-refractivity contribution in [1.82, 2.24) is 0 Å². The van der Waals surface area contributed by atoms with Crippen LogP contribution in [-0.2, 0) is 4.79 Å². The molecule has 3 nitrogen and oxygen atoms in total. The smallest absolute Gasteiger partial charge is 0.309 e. The van der Waals surface area contributed by atoms with Gasteiger partial charge in [-0.05, 0) is 25.2 Å². The van der Waals surface area contributed by atoms with Crippen molar-refractivity contribution in [3.05, 3.63) is 0 Å². The Balaban J connectivity index is 1.92. The van der Waals surface area contributed by atoms with Crippen LogP contribution in [0.2, 0.25) is 0 Å². The zero-order chi connectivity index (χ0) is 10.9. The molecule has 0 aromatic rings. The van der Waals surface area contributed by atoms with Gasteiger partial charge in [0.05, 0.1) is 11.5 Å². The number of hydrogen-bond acceptors (Lipinski definition) is 2. The molecule has 2 saturated carbocycles. The van der Waals surface area contributed by atoms with E-state index in [0.29, 0.717) is 18.8 Å². The second kappa shape index (κ2) is 4.12. The fourth-order valence-electron chi connectivity index (χ4n) is 3.21. The van der Waals surface area contributed by atoms with Crippen molar-refractivity contribution in [1.29, 1.82) is 0 Å². The summed E-state index contributed by atoms with van der Waals surface area (Å²) in [6.45, 7) is 0. The van der Waals surface area contributed by atoms with Gasteiger partial charge in [0, 0.05) is 0 Å². The van der Waals surface area contributed by atoms with Crippen molar-refractivity contribution in [2.24, 2.45) is 11.3 Å². The molecule has 2 N–H and O–H groups in total. The molecule has 2 aliphatic rings. The molecule has 0 aromatic carbocycles. The first-order valence-corrected chi connectivity index (χ1v) is 6.04. The van der Waals surface area contributed by atoms with E-state index >= 15 is 0 Å². The summed E-state index contributed by atoms with van der Waals surface area (Å²) in [5, 5.41) is 18.5. The second-order valence-electron chi connectivity index (χ2n) is 5.36. The van der Waals surface area contributed by atoms with Crippen LogP contribution >= 0.6 is 0 Å². The monoisotopic (exact) mass is 212 g/mol. The van der Waals surface area contributed by atoms with E-state index in [9.17, 15) is 15.0 Å². The molecule has 0 spiro atoms. The van der Waals surface area contributed by atoms with Gasteiger partial charge in [-0.3, -0.25) is 4.79 Å². The maximum Gasteiger partial charge on any atom is 0.309 e. The van der Waals surface area contributed by atoms with E-state index in [2.05, 4.69) is 0 Å². The number of carboxylic acid groups (broad SMARTS) is 1. The zero-order valence-corrected chi connectivity index (χ0v) is 9.11. The van der Waals surface area contributed by atoms with Gasteiger partial charge in [0.15, 0.2) is 0 Å². The van der Waals surface area contributed by atoms with Crippen molar-refractivity contribution < 1.29 is 15.0 Å². The molecule has 2 fully saturated rings. The molecule has 0 bridgehead atoms. The quantitative estimate of drug-likeness (QED) is 0.754. The normalized spacial score (nSPS) is 37.3. The van der Waals surface area contributed by atoms with Gasteiger partial charge in [0.2, 0.25) is 0 Å². The molecule has 15 heavy (non-hydrogen) atoms. The fraction of sp³-hybridized carbons (Fsp3) is 0.917. The first kappa shape index (κ1) is 10.9. The molecule has 86 valence electrons. The minimum absolute atomic E-state index is 0.371. The molecule has 0 saturated heterocycles. The molecule has 0 aliphatic heterocycles. The van der Waals surface area contributed by atoms with Crippen molar-refractivity contribution in [2.75, 3.05) is 0 Å². The van der Waals surface area contributed by atoms with Gasteiger partial charge in [0.25, 0.3) is 0 Å². The Morgan fingerprint density at radius 3 is 2.27 bits per heavy atom. The Kier molecular flexibility index (Phi) is 3.01. The highest BCUT2D eigenvalue weighted by Crippen LogP contribution is 2.48. The molecular formula is C12H20O3. The third kappa shape index (κ3) is 2.17. The minimum atomic E-state index is -0.696. The van der Waals surface area contributed by atoms with Gasteiger partial charge < -0.3 is 10.2 Å². The Hall–Kier alpha value is -0.570. The SMILES string of the molecule is O=C(O)C1(CC2CCCCC2)CC(O)C1. The lowest BCUT2D eigenvalue weighted by Gasteiger charge is -2.44. The van der Waals surface area contributed by atoms with Gasteiger partial charge in [-0.25, -0.2) is 0 Å². The lowest BCUT2D eigenvalue weighted by Crippen LogP contribution is -2.48. The number of aliphatic hydroxyl groups is 1. The number of carbonyl (C=O) groups is 1. The molecular weight excluding hydrogens is 192 g/mol. The van der Waals surface area contributed by atoms with Crippen LogP contribution in [-0.4, -0.2) is 22.3 Å². The lowest BCUT2D eigenvalue weighted by atomic mass is 9.61. The summed E-state index contributed by atoms with van der Waals surface area (Å²) < 4.78 is 0. The summed E-state index contributed by atoms with van der Waals surface area (Å²) in [4.78, 5) is 11.2. The number of rotatable bonds is 3. The van der Waals surface area contributed by atoms with Gasteiger partial charge in [-0.1, -0.05) is 32.1 Å². The molecule has 0 aromatic heterocycles. The molecule has 0 amide bonds. The first-order chi connectivity index (χ1) is 7.12. The number of carboxylic acids is 1. The molecule has 0 unspecified atom stereocenters. The predicted molar refractivity (Wildman–Crippen MR) is 56.5 cm³/mol. The highest BCUT2D eigenvalue weighted by molar-refractivity contribution is 5.76. The number of aliphatic hydroxyl groups excluding tert-OH is 1. The summed E-state index contributed by atoms with van der Waals surface area (Å²) in [6, 6.07) is 0. The topological polar surface area (TPSA) is 57.5 Å². The Bertz CT molecular complexity index is 237. The summed E-state index contributed by atoms with van der Waals surface area (Å²) >= 11 is 0. The summed E-state index contributed by atoms with van der Waals surface area (Å²) in [7, 11) is 0. The standard InChI is InChI=1S/C12H20O3/c13-10-7-12(8-10,11(14)15)6-9-4-2-1-3-5-9/h9-10,13H,1-8H2,(H,14,15). The van der Waals surface area contributed by atoms with E-state index in [0.717, 1.165) is 6.42 Å². The average molecular weight is 212 g/mol. The van der Waals surface area contributed by atoms with E-state index in [1.54, 1.807) is 0 Å². The number of hydrogen-bond donors (Lipinski definition) is 2. The third-order valence-corrected chi connectivity index (χ3v) is 4.11. The van der Waals surface area contributed by atoms with E-state index in [4.69, 9.17) is 0 Å². The highest BCUT2D eigenvalue weighted by Gasteiger charge is 2.50. The maximum absolute atomic E-state index is 11.2. The average Bonchev–Trinajstić information content (AvgIpc) is 2.16. The Labute approximate surface area is 90.5 Å². The summed E-state index contributed by atoms with van der Waals surface area (Å²) in [5.41, 5.74) is -0.582. The van der Waals surface area contributed by atoms with Gasteiger partial charge in [-0.15, -0.1) is 0 Å². The largest absolute Gasteiger partial charge is 0.481 e. The van der Waals surface area contributed by atoms with Gasteiger partial charge in [0.1, 0.15) is 0 Å².